The Bertz CT molecular complexity index is 539. The van der Waals surface area contributed by atoms with Crippen LogP contribution in [0.2, 0.25) is 0 Å². The van der Waals surface area contributed by atoms with Gasteiger partial charge in [0.15, 0.2) is 14.0 Å². The minimum atomic E-state index is -3.70. The average molecular weight is 264 g/mol. The molecule has 0 saturated carbocycles. The van der Waals surface area contributed by atoms with E-state index in [4.69, 9.17) is 5.26 Å². The van der Waals surface area contributed by atoms with E-state index in [-0.39, 0.29) is 16.2 Å². The Hall–Kier alpha value is -1.33. The zero-order chi connectivity index (χ0) is 12.2. The van der Waals surface area contributed by atoms with Crippen molar-refractivity contribution in [2.24, 2.45) is 0 Å². The summed E-state index contributed by atoms with van der Waals surface area (Å²) in [5.74, 6) is -0.457. The smallest absolute Gasteiger partial charge is 0.223 e. The Kier molecular flexibility index (Phi) is 4.09. The normalized spacial score (nSPS) is 10.8. The number of nitriles is 1. The van der Waals surface area contributed by atoms with Crippen molar-refractivity contribution in [1.29, 1.82) is 5.26 Å². The first-order valence-corrected chi connectivity index (χ1v) is 6.48. The topological polar surface area (TPSA) is 70.8 Å². The van der Waals surface area contributed by atoms with Gasteiger partial charge in [-0.3, -0.25) is 0 Å². The van der Waals surface area contributed by atoms with Crippen LogP contribution >= 0.6 is 11.5 Å². The molecule has 8 heteroatoms. The van der Waals surface area contributed by atoms with Crippen LogP contribution in [0.15, 0.2) is 22.6 Å². The molecule has 0 spiro atoms. The van der Waals surface area contributed by atoms with Gasteiger partial charge in [0.05, 0.1) is 11.9 Å². The molecular formula is C8H6F2N2O2S2. The Balaban J connectivity index is 2.88. The molecule has 0 aliphatic carbocycles. The van der Waals surface area contributed by atoms with Gasteiger partial charge in [-0.15, -0.1) is 0 Å². The highest BCUT2D eigenvalue weighted by atomic mass is 32.2. The molecule has 0 aromatic carbocycles. The summed E-state index contributed by atoms with van der Waals surface area (Å²) in [6, 6.07) is 1.69. The summed E-state index contributed by atoms with van der Waals surface area (Å²) in [6.45, 7) is 0. The van der Waals surface area contributed by atoms with Crippen molar-refractivity contribution in [3.8, 4) is 6.07 Å². The van der Waals surface area contributed by atoms with E-state index in [1.54, 1.807) is 6.07 Å². The van der Waals surface area contributed by atoms with Gasteiger partial charge in [0.1, 0.15) is 11.6 Å². The predicted octanol–water partition coefficient (Wildman–Crippen LogP) is 1.96. The molecule has 1 rings (SSSR count). The molecule has 4 nitrogen and oxygen atoms in total. The van der Waals surface area contributed by atoms with Crippen LogP contribution in [-0.4, -0.2) is 18.5 Å². The number of nitrogens with zero attached hydrogens (tertiary/aromatic N) is 2. The highest BCUT2D eigenvalue weighted by molar-refractivity contribution is 7.93. The molecule has 86 valence electrons. The number of aromatic nitrogens is 1. The molecule has 1 heterocycles. The van der Waals surface area contributed by atoms with E-state index in [2.05, 4.69) is 4.37 Å². The fourth-order valence-corrected chi connectivity index (χ4v) is 3.27. The van der Waals surface area contributed by atoms with Crippen LogP contribution in [0.1, 0.15) is 12.0 Å². The van der Waals surface area contributed by atoms with Gasteiger partial charge in [0.25, 0.3) is 6.08 Å². The first kappa shape index (κ1) is 12.7. The van der Waals surface area contributed by atoms with Crippen LogP contribution in [0, 0.1) is 11.3 Å². The van der Waals surface area contributed by atoms with E-state index < -0.39 is 21.7 Å². The molecule has 0 fully saturated rings. The summed E-state index contributed by atoms with van der Waals surface area (Å²) < 4.78 is 50.0. The van der Waals surface area contributed by atoms with Gasteiger partial charge in [0, 0.05) is 0 Å². The Labute approximate surface area is 94.9 Å². The maximum absolute atomic E-state index is 11.7. The van der Waals surface area contributed by atoms with E-state index in [0.29, 0.717) is 17.6 Å². The number of hydrogen-bond acceptors (Lipinski definition) is 5. The minimum absolute atomic E-state index is 0.0466. The van der Waals surface area contributed by atoms with Crippen molar-refractivity contribution in [2.75, 3.05) is 5.75 Å². The molecule has 0 N–H and O–H groups in total. The van der Waals surface area contributed by atoms with Crippen molar-refractivity contribution in [3.05, 3.63) is 23.9 Å². The van der Waals surface area contributed by atoms with Crippen LogP contribution in [0.4, 0.5) is 8.78 Å². The molecule has 1 aromatic rings. The molecule has 16 heavy (non-hydrogen) atoms. The van der Waals surface area contributed by atoms with Gasteiger partial charge >= 0.3 is 0 Å². The zero-order valence-corrected chi connectivity index (χ0v) is 9.49. The fraction of sp³-hybridized carbons (Fsp3) is 0.250. The minimum Gasteiger partial charge on any atom is -0.223 e. The Morgan fingerprint density at radius 1 is 1.62 bits per heavy atom. The van der Waals surface area contributed by atoms with E-state index >= 15 is 0 Å². The molecule has 1 aromatic heterocycles. The highest BCUT2D eigenvalue weighted by Gasteiger charge is 2.20. The number of allylic oxidation sites excluding steroid dienone is 1. The first-order chi connectivity index (χ1) is 7.47. The molecule has 0 aliphatic heterocycles. The summed E-state index contributed by atoms with van der Waals surface area (Å²) in [5, 5.41) is 8.60. The van der Waals surface area contributed by atoms with E-state index in [1.807, 2.05) is 0 Å². The van der Waals surface area contributed by atoms with E-state index in [1.165, 1.54) is 0 Å². The Morgan fingerprint density at radius 2 is 2.31 bits per heavy atom. The van der Waals surface area contributed by atoms with Crippen LogP contribution in [-0.2, 0) is 9.84 Å². The maximum atomic E-state index is 11.7. The van der Waals surface area contributed by atoms with Gasteiger partial charge in [0.2, 0.25) is 0 Å². The molecule has 0 amide bonds. The molecule has 0 unspecified atom stereocenters. The summed E-state index contributed by atoms with van der Waals surface area (Å²) >= 11 is 0.671. The third-order valence-corrected chi connectivity index (χ3v) is 4.77. The number of rotatable bonds is 4. The molecule has 0 aliphatic rings. The number of sulfone groups is 1. The monoisotopic (exact) mass is 264 g/mol. The largest absolute Gasteiger partial charge is 0.266 e. The van der Waals surface area contributed by atoms with E-state index in [9.17, 15) is 17.2 Å². The second-order valence-corrected chi connectivity index (χ2v) is 5.85. The molecule has 0 bridgehead atoms. The first-order valence-electron chi connectivity index (χ1n) is 4.06. The third kappa shape index (κ3) is 3.08. The highest BCUT2D eigenvalue weighted by Crippen LogP contribution is 2.21. The van der Waals surface area contributed by atoms with Crippen molar-refractivity contribution < 1.29 is 17.2 Å². The molecular weight excluding hydrogens is 258 g/mol. The SMILES string of the molecule is N#Cc1cnsc1S(=O)(=O)CCC=C(F)F. The maximum Gasteiger partial charge on any atom is 0.266 e. The van der Waals surface area contributed by atoms with Crippen LogP contribution in [0.25, 0.3) is 0 Å². The summed E-state index contributed by atoms with van der Waals surface area (Å²) in [7, 11) is -3.70. The summed E-state index contributed by atoms with van der Waals surface area (Å²) in [5.41, 5.74) is -0.0466. The van der Waals surface area contributed by atoms with Gasteiger partial charge in [-0.1, -0.05) is 0 Å². The number of hydrogen-bond donors (Lipinski definition) is 0. The van der Waals surface area contributed by atoms with Gasteiger partial charge in [-0.25, -0.2) is 8.42 Å². The lowest BCUT2D eigenvalue weighted by Crippen LogP contribution is -2.05. The lowest BCUT2D eigenvalue weighted by Gasteiger charge is -1.98. The van der Waals surface area contributed by atoms with Crippen molar-refractivity contribution >= 4 is 21.4 Å². The standard InChI is InChI=1S/C8H6F2N2O2S2/c9-7(10)2-1-3-16(13,14)8-6(4-11)5-12-15-8/h2,5H,1,3H2. The fourth-order valence-electron chi connectivity index (χ4n) is 0.944. The van der Waals surface area contributed by atoms with Crippen LogP contribution in [0.3, 0.4) is 0 Å². The van der Waals surface area contributed by atoms with Gasteiger partial charge in [-0.2, -0.15) is 18.4 Å². The lowest BCUT2D eigenvalue weighted by atomic mass is 10.4. The van der Waals surface area contributed by atoms with Crippen LogP contribution in [0.5, 0.6) is 0 Å². The lowest BCUT2D eigenvalue weighted by molar-refractivity contribution is 0.418. The Morgan fingerprint density at radius 3 is 2.88 bits per heavy atom. The van der Waals surface area contributed by atoms with Gasteiger partial charge in [-0.05, 0) is 24.0 Å². The van der Waals surface area contributed by atoms with Gasteiger partial charge < -0.3 is 0 Å². The zero-order valence-electron chi connectivity index (χ0n) is 7.85. The van der Waals surface area contributed by atoms with E-state index in [0.717, 1.165) is 6.20 Å². The number of halogens is 2. The third-order valence-electron chi connectivity index (χ3n) is 1.63. The average Bonchev–Trinajstić information content (AvgIpc) is 2.64. The van der Waals surface area contributed by atoms with Crippen molar-refractivity contribution in [3.63, 3.8) is 0 Å². The second kappa shape index (κ2) is 5.14. The second-order valence-electron chi connectivity index (χ2n) is 2.74. The summed E-state index contributed by atoms with van der Waals surface area (Å²) in [6.07, 6.45) is -0.527. The quantitative estimate of drug-likeness (QED) is 0.833. The van der Waals surface area contributed by atoms with Crippen molar-refractivity contribution in [2.45, 2.75) is 10.6 Å². The van der Waals surface area contributed by atoms with Crippen molar-refractivity contribution in [1.82, 2.24) is 4.37 Å². The molecule has 0 saturated heterocycles. The molecule has 0 atom stereocenters. The van der Waals surface area contributed by atoms with Crippen LogP contribution < -0.4 is 0 Å². The molecule has 0 radical (unpaired) electrons. The predicted molar refractivity (Wildman–Crippen MR) is 53.8 cm³/mol. The summed E-state index contributed by atoms with van der Waals surface area (Å²) in [4.78, 5) is 0.